The molecule has 0 radical (unpaired) electrons. The van der Waals surface area contributed by atoms with E-state index in [-0.39, 0.29) is 6.10 Å². The zero-order valence-corrected chi connectivity index (χ0v) is 11.8. The van der Waals surface area contributed by atoms with Gasteiger partial charge in [-0.1, -0.05) is 31.5 Å². The van der Waals surface area contributed by atoms with Gasteiger partial charge in [0.05, 0.1) is 0 Å². The Morgan fingerprint density at radius 1 is 0.950 bits per heavy atom. The monoisotopic (exact) mass is 271 g/mol. The van der Waals surface area contributed by atoms with E-state index >= 15 is 0 Å². The number of nitrogens with two attached hydrogens (primary N) is 1. The molecule has 2 N–H and O–H groups in total. The number of anilines is 1. The predicted molar refractivity (Wildman–Crippen MR) is 82.1 cm³/mol. The van der Waals surface area contributed by atoms with Crippen LogP contribution in [-0.2, 0) is 0 Å². The second kappa shape index (κ2) is 7.43. The van der Waals surface area contributed by atoms with Gasteiger partial charge in [-0.2, -0.15) is 0 Å². The molecule has 0 aromatic heterocycles. The lowest BCUT2D eigenvalue weighted by molar-refractivity contribution is 0.120. The van der Waals surface area contributed by atoms with Gasteiger partial charge in [-0.3, -0.25) is 0 Å². The van der Waals surface area contributed by atoms with Crippen molar-refractivity contribution in [2.45, 2.75) is 25.9 Å². The average Bonchev–Trinajstić information content (AvgIpc) is 2.48. The molecule has 20 heavy (non-hydrogen) atoms. The largest absolute Gasteiger partial charge is 0.490 e. The van der Waals surface area contributed by atoms with Gasteiger partial charge in [-0.25, -0.2) is 0 Å². The van der Waals surface area contributed by atoms with E-state index in [4.69, 9.17) is 15.2 Å². The Morgan fingerprint density at radius 2 is 1.65 bits per heavy atom. The van der Waals surface area contributed by atoms with Crippen LogP contribution in [0.5, 0.6) is 11.5 Å². The van der Waals surface area contributed by atoms with E-state index in [1.54, 1.807) is 0 Å². The number of benzene rings is 2. The summed E-state index contributed by atoms with van der Waals surface area (Å²) in [5.74, 6) is 1.70. The molecule has 0 aliphatic rings. The van der Waals surface area contributed by atoms with Crippen LogP contribution in [0.25, 0.3) is 0 Å². The first-order valence-electron chi connectivity index (χ1n) is 6.98. The summed E-state index contributed by atoms with van der Waals surface area (Å²) < 4.78 is 11.7. The maximum atomic E-state index is 5.95. The lowest BCUT2D eigenvalue weighted by Gasteiger charge is -2.19. The number of ether oxygens (including phenoxy) is 2. The van der Waals surface area contributed by atoms with Crippen molar-refractivity contribution in [3.05, 3.63) is 54.6 Å². The third kappa shape index (κ3) is 4.50. The van der Waals surface area contributed by atoms with Crippen molar-refractivity contribution in [2.75, 3.05) is 12.3 Å². The van der Waals surface area contributed by atoms with Crippen LogP contribution in [0.1, 0.15) is 19.8 Å². The minimum atomic E-state index is 0.0555. The Balaban J connectivity index is 1.90. The highest BCUT2D eigenvalue weighted by Gasteiger charge is 2.10. The van der Waals surface area contributed by atoms with Crippen molar-refractivity contribution in [3.63, 3.8) is 0 Å². The molecule has 0 bridgehead atoms. The maximum absolute atomic E-state index is 5.95. The number of rotatable bonds is 7. The molecule has 3 nitrogen and oxygen atoms in total. The minimum absolute atomic E-state index is 0.0555. The Labute approximate surface area is 120 Å². The Kier molecular flexibility index (Phi) is 5.30. The van der Waals surface area contributed by atoms with Crippen molar-refractivity contribution in [1.82, 2.24) is 0 Å². The van der Waals surface area contributed by atoms with E-state index in [0.29, 0.717) is 6.61 Å². The van der Waals surface area contributed by atoms with Crippen LogP contribution in [0.3, 0.4) is 0 Å². The minimum Gasteiger partial charge on any atom is -0.490 e. The zero-order valence-electron chi connectivity index (χ0n) is 11.8. The first-order valence-corrected chi connectivity index (χ1v) is 6.98. The Hall–Kier alpha value is -2.16. The van der Waals surface area contributed by atoms with Crippen LogP contribution >= 0.6 is 0 Å². The third-order valence-electron chi connectivity index (χ3n) is 2.97. The Morgan fingerprint density at radius 3 is 2.30 bits per heavy atom. The topological polar surface area (TPSA) is 44.5 Å². The van der Waals surface area contributed by atoms with Gasteiger partial charge >= 0.3 is 0 Å². The molecule has 2 aromatic carbocycles. The Bertz CT molecular complexity index is 496. The number of hydrogen-bond donors (Lipinski definition) is 1. The maximum Gasteiger partial charge on any atom is 0.133 e. The highest BCUT2D eigenvalue weighted by Crippen LogP contribution is 2.17. The summed E-state index contributed by atoms with van der Waals surface area (Å²) in [6, 6.07) is 17.3. The quantitative estimate of drug-likeness (QED) is 0.777. The molecule has 0 heterocycles. The van der Waals surface area contributed by atoms with Crippen LogP contribution in [0.4, 0.5) is 5.69 Å². The van der Waals surface area contributed by atoms with Gasteiger partial charge in [0.25, 0.3) is 0 Å². The molecule has 0 spiro atoms. The van der Waals surface area contributed by atoms with Crippen LogP contribution in [0.2, 0.25) is 0 Å². The summed E-state index contributed by atoms with van der Waals surface area (Å²) in [4.78, 5) is 0. The second-order valence-electron chi connectivity index (χ2n) is 4.72. The molecule has 0 aliphatic heterocycles. The van der Waals surface area contributed by atoms with Gasteiger partial charge in [0.1, 0.15) is 24.2 Å². The lowest BCUT2D eigenvalue weighted by atomic mass is 10.2. The highest BCUT2D eigenvalue weighted by molar-refractivity contribution is 5.41. The average molecular weight is 271 g/mol. The molecular weight excluding hydrogens is 250 g/mol. The molecule has 1 unspecified atom stereocenters. The second-order valence-corrected chi connectivity index (χ2v) is 4.72. The van der Waals surface area contributed by atoms with Crippen molar-refractivity contribution < 1.29 is 9.47 Å². The highest BCUT2D eigenvalue weighted by atomic mass is 16.5. The van der Waals surface area contributed by atoms with Gasteiger partial charge in [-0.15, -0.1) is 0 Å². The molecule has 3 heteroatoms. The van der Waals surface area contributed by atoms with Gasteiger partial charge < -0.3 is 15.2 Å². The van der Waals surface area contributed by atoms with Crippen LogP contribution in [0.15, 0.2) is 54.6 Å². The zero-order chi connectivity index (χ0) is 14.2. The van der Waals surface area contributed by atoms with Gasteiger partial charge in [-0.05, 0) is 42.8 Å². The molecular formula is C17H21NO2. The molecule has 0 aliphatic carbocycles. The van der Waals surface area contributed by atoms with E-state index in [0.717, 1.165) is 30.0 Å². The first-order chi connectivity index (χ1) is 9.78. The molecule has 0 amide bonds. The van der Waals surface area contributed by atoms with Gasteiger partial charge in [0.2, 0.25) is 0 Å². The van der Waals surface area contributed by atoms with Crippen molar-refractivity contribution in [1.29, 1.82) is 0 Å². The first kappa shape index (κ1) is 14.3. The third-order valence-corrected chi connectivity index (χ3v) is 2.97. The van der Waals surface area contributed by atoms with Gasteiger partial charge in [0, 0.05) is 5.69 Å². The summed E-state index contributed by atoms with van der Waals surface area (Å²) in [5, 5.41) is 0. The number of nitrogen functional groups attached to an aromatic ring is 1. The fraction of sp³-hybridized carbons (Fsp3) is 0.294. The number of para-hydroxylation sites is 1. The molecule has 106 valence electrons. The summed E-state index contributed by atoms with van der Waals surface area (Å²) in [6.45, 7) is 2.68. The van der Waals surface area contributed by atoms with Gasteiger partial charge in [0.15, 0.2) is 0 Å². The molecule has 0 saturated carbocycles. The summed E-state index contributed by atoms with van der Waals surface area (Å²) in [7, 11) is 0. The van der Waals surface area contributed by atoms with Crippen LogP contribution < -0.4 is 15.2 Å². The van der Waals surface area contributed by atoms with E-state index in [1.807, 2.05) is 54.6 Å². The van der Waals surface area contributed by atoms with E-state index in [2.05, 4.69) is 6.92 Å². The van der Waals surface area contributed by atoms with E-state index < -0.39 is 0 Å². The van der Waals surface area contributed by atoms with Crippen LogP contribution in [0, 0.1) is 0 Å². The lowest BCUT2D eigenvalue weighted by Crippen LogP contribution is -2.24. The fourth-order valence-corrected chi connectivity index (χ4v) is 1.94. The molecule has 0 saturated heterocycles. The molecule has 1 atom stereocenters. The standard InChI is InChI=1S/C17H21NO2/c1-2-6-17(20-16-7-4-3-5-8-16)13-19-15-11-9-14(18)10-12-15/h3-5,7-12,17H,2,6,13,18H2,1H3. The summed E-state index contributed by atoms with van der Waals surface area (Å²) in [6.07, 6.45) is 2.08. The fourth-order valence-electron chi connectivity index (χ4n) is 1.94. The molecule has 2 aromatic rings. The van der Waals surface area contributed by atoms with Crippen molar-refractivity contribution in [2.24, 2.45) is 0 Å². The smallest absolute Gasteiger partial charge is 0.133 e. The molecule has 2 rings (SSSR count). The number of hydrogen-bond acceptors (Lipinski definition) is 3. The van der Waals surface area contributed by atoms with Crippen molar-refractivity contribution >= 4 is 5.69 Å². The van der Waals surface area contributed by atoms with Crippen molar-refractivity contribution in [3.8, 4) is 11.5 Å². The summed E-state index contributed by atoms with van der Waals surface area (Å²) >= 11 is 0. The van der Waals surface area contributed by atoms with E-state index in [1.165, 1.54) is 0 Å². The predicted octanol–water partition coefficient (Wildman–Crippen LogP) is 3.90. The normalized spacial score (nSPS) is 11.8. The van der Waals surface area contributed by atoms with Crippen LogP contribution in [-0.4, -0.2) is 12.7 Å². The SMILES string of the molecule is CCCC(COc1ccc(N)cc1)Oc1ccccc1. The summed E-state index contributed by atoms with van der Waals surface area (Å²) in [5.41, 5.74) is 6.39. The molecule has 0 fully saturated rings. The van der Waals surface area contributed by atoms with E-state index in [9.17, 15) is 0 Å².